The zero-order valence-electron chi connectivity index (χ0n) is 20.8. The van der Waals surface area contributed by atoms with E-state index in [1.54, 1.807) is 0 Å². The van der Waals surface area contributed by atoms with E-state index in [9.17, 15) is 0 Å². The van der Waals surface area contributed by atoms with Gasteiger partial charge in [0.1, 0.15) is 6.61 Å². The lowest BCUT2D eigenvalue weighted by Gasteiger charge is -2.44. The van der Waals surface area contributed by atoms with Gasteiger partial charge in [-0.3, -0.25) is 0 Å². The number of benzene rings is 2. The summed E-state index contributed by atoms with van der Waals surface area (Å²) in [6.45, 7) is 21.0. The van der Waals surface area contributed by atoms with Crippen molar-refractivity contribution in [3.8, 4) is 5.75 Å². The molecule has 1 aliphatic heterocycles. The van der Waals surface area contributed by atoms with E-state index in [2.05, 4.69) is 94.7 Å². The molecule has 0 aromatic heterocycles. The normalized spacial score (nSPS) is 18.5. The maximum absolute atomic E-state index is 6.45. The molecular formula is C29H39NOSi-. The van der Waals surface area contributed by atoms with Crippen LogP contribution in [0.1, 0.15) is 61.4 Å². The molecule has 2 nitrogen and oxygen atoms in total. The Morgan fingerprint density at radius 3 is 2.47 bits per heavy atom. The molecule has 1 atom stereocenters. The van der Waals surface area contributed by atoms with Gasteiger partial charge < -0.3 is 9.64 Å². The van der Waals surface area contributed by atoms with Crippen LogP contribution in [0.5, 0.6) is 5.75 Å². The van der Waals surface area contributed by atoms with Crippen molar-refractivity contribution < 1.29 is 4.74 Å². The number of nitrogens with zero attached hydrogens (tertiary/aromatic N) is 1. The van der Waals surface area contributed by atoms with Crippen LogP contribution in [0.15, 0.2) is 55.1 Å². The maximum Gasteiger partial charge on any atom is 0.106 e. The van der Waals surface area contributed by atoms with E-state index >= 15 is 0 Å². The Balaban J connectivity index is 1.88. The SMILES string of the molecule is C=CCOc1c(C(C)(C)C)cc(C)cc1[Si-](C)(C)C1C=C(N2CCCC2)c2ccccc21. The van der Waals surface area contributed by atoms with E-state index in [1.165, 1.54) is 59.1 Å². The molecule has 0 bridgehead atoms. The van der Waals surface area contributed by atoms with Gasteiger partial charge in [0.05, 0.1) is 5.75 Å². The van der Waals surface area contributed by atoms with E-state index in [4.69, 9.17) is 4.74 Å². The zero-order chi connectivity index (χ0) is 23.1. The summed E-state index contributed by atoms with van der Waals surface area (Å²) in [4.78, 5) is 2.61. The standard InChI is InChI=1S/C29H39NOSi/c1-8-17-31-28-24(29(3,4)5)18-21(2)19-27(28)32(6,7)26-20-25(30-15-11-12-16-30)22-13-9-10-14-23(22)26/h8-10,13-14,18-20,26H,1,11-12,15-17H2,2-7H3/q-1. The van der Waals surface area contributed by atoms with Crippen LogP contribution in [0.3, 0.4) is 0 Å². The molecule has 0 saturated carbocycles. The van der Waals surface area contributed by atoms with Crippen molar-refractivity contribution >= 4 is 19.0 Å². The molecule has 1 unspecified atom stereocenters. The molecule has 2 aliphatic rings. The van der Waals surface area contributed by atoms with Crippen LogP contribution in [0.2, 0.25) is 13.1 Å². The second-order valence-electron chi connectivity index (χ2n) is 11.1. The lowest BCUT2D eigenvalue weighted by Crippen LogP contribution is -2.48. The van der Waals surface area contributed by atoms with Gasteiger partial charge in [0.2, 0.25) is 0 Å². The van der Waals surface area contributed by atoms with Gasteiger partial charge in [-0.05, 0) is 36.3 Å². The molecular weight excluding hydrogens is 406 g/mol. The predicted octanol–water partition coefficient (Wildman–Crippen LogP) is 6.55. The number of rotatable bonds is 6. The highest BCUT2D eigenvalue weighted by Gasteiger charge is 2.34. The van der Waals surface area contributed by atoms with Crippen molar-refractivity contribution in [1.82, 2.24) is 4.90 Å². The Morgan fingerprint density at radius 1 is 1.12 bits per heavy atom. The van der Waals surface area contributed by atoms with Crippen LogP contribution in [-0.2, 0) is 5.41 Å². The first-order chi connectivity index (χ1) is 15.1. The van der Waals surface area contributed by atoms with Crippen molar-refractivity contribution in [1.29, 1.82) is 0 Å². The zero-order valence-corrected chi connectivity index (χ0v) is 21.8. The predicted molar refractivity (Wildman–Crippen MR) is 141 cm³/mol. The lowest BCUT2D eigenvalue weighted by atomic mass is 9.85. The second kappa shape index (κ2) is 8.59. The third-order valence-electron chi connectivity index (χ3n) is 7.20. The van der Waals surface area contributed by atoms with Crippen LogP contribution in [0.25, 0.3) is 5.70 Å². The number of hydrogen-bond donors (Lipinski definition) is 0. The summed E-state index contributed by atoms with van der Waals surface area (Å²) >= 11 is 0. The first kappa shape index (κ1) is 22.9. The fraction of sp³-hybridized carbons (Fsp3) is 0.448. The number of aryl methyl sites for hydroxylation is 1. The fourth-order valence-electron chi connectivity index (χ4n) is 5.44. The molecule has 2 aromatic carbocycles. The van der Waals surface area contributed by atoms with Crippen molar-refractivity contribution in [3.63, 3.8) is 0 Å². The van der Waals surface area contributed by atoms with Crippen LogP contribution in [0, 0.1) is 6.92 Å². The van der Waals surface area contributed by atoms with E-state index in [0.717, 1.165) is 5.75 Å². The monoisotopic (exact) mass is 445 g/mol. The highest BCUT2D eigenvalue weighted by molar-refractivity contribution is 6.92. The third kappa shape index (κ3) is 4.08. The van der Waals surface area contributed by atoms with Gasteiger partial charge in [0, 0.05) is 18.8 Å². The van der Waals surface area contributed by atoms with E-state index in [1.807, 2.05) is 6.08 Å². The van der Waals surface area contributed by atoms with Gasteiger partial charge in [0.15, 0.2) is 0 Å². The third-order valence-corrected chi connectivity index (χ3v) is 11.0. The Labute approximate surface area is 196 Å². The van der Waals surface area contributed by atoms with Gasteiger partial charge in [-0.15, -0.1) is 13.3 Å². The van der Waals surface area contributed by atoms with Crippen LogP contribution < -0.4 is 9.92 Å². The summed E-state index contributed by atoms with van der Waals surface area (Å²) in [7, 11) is -1.99. The molecule has 0 N–H and O–H groups in total. The van der Waals surface area contributed by atoms with Crippen molar-refractivity contribution in [2.75, 3.05) is 19.7 Å². The Bertz CT molecular complexity index is 1040. The molecule has 171 valence electrons. The van der Waals surface area contributed by atoms with Crippen LogP contribution in [0.4, 0.5) is 0 Å². The fourth-order valence-corrected chi connectivity index (χ4v) is 8.77. The average molecular weight is 446 g/mol. The second-order valence-corrected chi connectivity index (χ2v) is 15.7. The molecule has 4 rings (SSSR count). The minimum atomic E-state index is -1.99. The van der Waals surface area contributed by atoms with Gasteiger partial charge in [-0.2, -0.15) is 13.1 Å². The highest BCUT2D eigenvalue weighted by atomic mass is 28.3. The number of allylic oxidation sites excluding steroid dienone is 1. The van der Waals surface area contributed by atoms with Crippen molar-refractivity contribution in [2.24, 2.45) is 0 Å². The molecule has 1 heterocycles. The van der Waals surface area contributed by atoms with Crippen molar-refractivity contribution in [2.45, 2.75) is 64.6 Å². The quantitative estimate of drug-likeness (QED) is 0.369. The molecule has 3 heteroatoms. The molecule has 2 aromatic rings. The average Bonchev–Trinajstić information content (AvgIpc) is 3.39. The van der Waals surface area contributed by atoms with Crippen LogP contribution >= 0.6 is 0 Å². The summed E-state index contributed by atoms with van der Waals surface area (Å²) in [5.74, 6) is 1.10. The molecule has 0 spiro atoms. The summed E-state index contributed by atoms with van der Waals surface area (Å²) in [5, 5.41) is 1.43. The van der Waals surface area contributed by atoms with Crippen molar-refractivity contribution in [3.05, 3.63) is 77.4 Å². The minimum absolute atomic E-state index is 0.0197. The Morgan fingerprint density at radius 2 is 1.81 bits per heavy atom. The first-order valence-electron chi connectivity index (χ1n) is 12.1. The largest absolute Gasteiger partial charge is 0.492 e. The molecule has 1 saturated heterocycles. The molecule has 32 heavy (non-hydrogen) atoms. The molecule has 0 amide bonds. The van der Waals surface area contributed by atoms with E-state index in [0.29, 0.717) is 12.1 Å². The summed E-state index contributed by atoms with van der Waals surface area (Å²) in [5.41, 5.74) is 7.50. The number of ether oxygens (including phenoxy) is 1. The van der Waals surface area contributed by atoms with E-state index in [-0.39, 0.29) is 5.41 Å². The number of fused-ring (bicyclic) bond motifs is 1. The number of hydrogen-bond acceptors (Lipinski definition) is 2. The van der Waals surface area contributed by atoms with Gasteiger partial charge in [0.25, 0.3) is 0 Å². The first-order valence-corrected chi connectivity index (χ1v) is 15.2. The summed E-state index contributed by atoms with van der Waals surface area (Å²) < 4.78 is 6.45. The minimum Gasteiger partial charge on any atom is -0.492 e. The summed E-state index contributed by atoms with van der Waals surface area (Å²) in [6, 6.07) is 13.8. The Hall–Kier alpha value is -2.26. The smallest absolute Gasteiger partial charge is 0.106 e. The van der Waals surface area contributed by atoms with Gasteiger partial charge in [-0.25, -0.2) is 0 Å². The molecule has 0 radical (unpaired) electrons. The molecule has 1 fully saturated rings. The Kier molecular flexibility index (Phi) is 6.15. The maximum atomic E-state index is 6.45. The molecule has 1 aliphatic carbocycles. The topological polar surface area (TPSA) is 12.5 Å². The number of likely N-dealkylation sites (tertiary alicyclic amines) is 1. The van der Waals surface area contributed by atoms with Crippen LogP contribution in [-0.4, -0.2) is 32.7 Å². The lowest BCUT2D eigenvalue weighted by molar-refractivity contribution is 0.353. The van der Waals surface area contributed by atoms with E-state index < -0.39 is 8.07 Å². The summed E-state index contributed by atoms with van der Waals surface area (Å²) in [6.07, 6.45) is 7.06. The highest BCUT2D eigenvalue weighted by Crippen LogP contribution is 2.44. The van der Waals surface area contributed by atoms with Gasteiger partial charge >= 0.3 is 0 Å². The van der Waals surface area contributed by atoms with Gasteiger partial charge in [-0.1, -0.05) is 92.6 Å².